The fourth-order valence-corrected chi connectivity index (χ4v) is 2.41. The van der Waals surface area contributed by atoms with Crippen molar-refractivity contribution in [2.45, 2.75) is 6.92 Å². The maximum Gasteiger partial charge on any atom is 0.290 e. The highest BCUT2D eigenvalue weighted by molar-refractivity contribution is 8.18. The van der Waals surface area contributed by atoms with Crippen molar-refractivity contribution in [3.8, 4) is 11.5 Å². The zero-order chi connectivity index (χ0) is 16.1. The van der Waals surface area contributed by atoms with Crippen LogP contribution < -0.4 is 20.5 Å². The van der Waals surface area contributed by atoms with E-state index in [-0.39, 0.29) is 6.61 Å². The van der Waals surface area contributed by atoms with E-state index in [0.717, 1.165) is 11.8 Å². The van der Waals surface area contributed by atoms with E-state index in [1.165, 1.54) is 0 Å². The number of carbonyl (C=O) groups excluding carboxylic acids is 3. The number of primary amides is 1. The zero-order valence-corrected chi connectivity index (χ0v) is 12.6. The molecule has 0 saturated carbocycles. The molecule has 2 rings (SSSR count). The fraction of sp³-hybridized carbons (Fsp3) is 0.214. The normalized spacial score (nSPS) is 15.8. The first-order valence-electron chi connectivity index (χ1n) is 6.42. The Balaban J connectivity index is 2.25. The van der Waals surface area contributed by atoms with Gasteiger partial charge in [0.25, 0.3) is 17.1 Å². The number of hydrogen-bond donors (Lipinski definition) is 2. The average molecular weight is 322 g/mol. The van der Waals surface area contributed by atoms with Crippen LogP contribution in [0.1, 0.15) is 12.5 Å². The number of thioether (sulfide) groups is 1. The number of carbonyl (C=O) groups is 3. The molecule has 0 atom stereocenters. The van der Waals surface area contributed by atoms with E-state index in [1.807, 2.05) is 6.92 Å². The van der Waals surface area contributed by atoms with Crippen LogP contribution in [0.4, 0.5) is 4.79 Å². The number of nitrogens with two attached hydrogens (primary N) is 1. The number of rotatable bonds is 6. The summed E-state index contributed by atoms with van der Waals surface area (Å²) in [5.74, 6) is -0.219. The molecule has 1 heterocycles. The summed E-state index contributed by atoms with van der Waals surface area (Å²) in [4.78, 5) is 33.7. The molecule has 1 aliphatic rings. The van der Waals surface area contributed by atoms with Crippen molar-refractivity contribution in [3.05, 3.63) is 28.7 Å². The van der Waals surface area contributed by atoms with E-state index in [9.17, 15) is 14.4 Å². The van der Waals surface area contributed by atoms with Crippen LogP contribution in [0, 0.1) is 0 Å². The van der Waals surface area contributed by atoms with Gasteiger partial charge in [-0.3, -0.25) is 19.7 Å². The van der Waals surface area contributed by atoms with Crippen LogP contribution in [0.15, 0.2) is 23.1 Å². The number of benzene rings is 1. The van der Waals surface area contributed by atoms with Crippen LogP contribution in [-0.2, 0) is 9.59 Å². The first-order chi connectivity index (χ1) is 10.5. The van der Waals surface area contributed by atoms with Crippen molar-refractivity contribution in [2.24, 2.45) is 5.73 Å². The van der Waals surface area contributed by atoms with Gasteiger partial charge in [-0.1, -0.05) is 6.07 Å². The van der Waals surface area contributed by atoms with E-state index in [2.05, 4.69) is 5.32 Å². The molecule has 1 aromatic carbocycles. The molecular weight excluding hydrogens is 308 g/mol. The topological polar surface area (TPSA) is 108 Å². The maximum atomic E-state index is 11.5. The second-order valence-electron chi connectivity index (χ2n) is 4.25. The highest BCUT2D eigenvalue weighted by Crippen LogP contribution is 2.31. The van der Waals surface area contributed by atoms with Crippen LogP contribution in [-0.4, -0.2) is 30.3 Å². The van der Waals surface area contributed by atoms with Crippen molar-refractivity contribution in [1.29, 1.82) is 0 Å². The molecule has 1 aromatic rings. The summed E-state index contributed by atoms with van der Waals surface area (Å²) in [6.45, 7) is 1.95. The molecule has 0 unspecified atom stereocenters. The van der Waals surface area contributed by atoms with Crippen molar-refractivity contribution in [1.82, 2.24) is 5.32 Å². The van der Waals surface area contributed by atoms with Gasteiger partial charge in [-0.15, -0.1) is 0 Å². The highest BCUT2D eigenvalue weighted by Gasteiger charge is 2.25. The molecular formula is C14H14N2O5S. The lowest BCUT2D eigenvalue weighted by molar-refractivity contribution is -0.120. The van der Waals surface area contributed by atoms with Gasteiger partial charge in [-0.2, -0.15) is 0 Å². The Morgan fingerprint density at radius 1 is 1.32 bits per heavy atom. The molecule has 7 nitrogen and oxygen atoms in total. The molecule has 0 radical (unpaired) electrons. The largest absolute Gasteiger partial charge is 0.490 e. The molecule has 3 amide bonds. The van der Waals surface area contributed by atoms with Crippen LogP contribution in [0.25, 0.3) is 6.08 Å². The third-order valence-corrected chi connectivity index (χ3v) is 3.39. The number of amides is 3. The summed E-state index contributed by atoms with van der Waals surface area (Å²) in [7, 11) is 0. The van der Waals surface area contributed by atoms with Gasteiger partial charge in [-0.25, -0.2) is 0 Å². The van der Waals surface area contributed by atoms with Gasteiger partial charge in [0.2, 0.25) is 0 Å². The molecule has 1 fully saturated rings. The first kappa shape index (κ1) is 15.9. The van der Waals surface area contributed by atoms with Crippen molar-refractivity contribution in [3.63, 3.8) is 0 Å². The Morgan fingerprint density at radius 2 is 2.09 bits per heavy atom. The molecule has 8 heteroatoms. The van der Waals surface area contributed by atoms with E-state index >= 15 is 0 Å². The minimum atomic E-state index is -0.591. The Hall–Kier alpha value is -2.48. The molecule has 3 N–H and O–H groups in total. The number of imide groups is 1. The predicted octanol–water partition coefficient (Wildman–Crippen LogP) is 1.27. The summed E-state index contributed by atoms with van der Waals surface area (Å²) < 4.78 is 10.7. The molecule has 0 aliphatic carbocycles. The Kier molecular flexibility index (Phi) is 5.05. The molecule has 1 saturated heterocycles. The maximum absolute atomic E-state index is 11.5. The summed E-state index contributed by atoms with van der Waals surface area (Å²) in [5.41, 5.74) is 5.71. The Bertz CT molecular complexity index is 657. The van der Waals surface area contributed by atoms with Crippen molar-refractivity contribution in [2.75, 3.05) is 13.2 Å². The van der Waals surface area contributed by atoms with Gasteiger partial charge in [0.1, 0.15) is 0 Å². The van der Waals surface area contributed by atoms with E-state index in [0.29, 0.717) is 28.6 Å². The quantitative estimate of drug-likeness (QED) is 0.764. The van der Waals surface area contributed by atoms with Crippen LogP contribution in [0.5, 0.6) is 11.5 Å². The Labute approximate surface area is 130 Å². The van der Waals surface area contributed by atoms with Crippen molar-refractivity contribution >= 4 is 34.9 Å². The predicted molar refractivity (Wildman–Crippen MR) is 81.4 cm³/mol. The highest BCUT2D eigenvalue weighted by atomic mass is 32.2. The average Bonchev–Trinajstić information content (AvgIpc) is 2.76. The lowest BCUT2D eigenvalue weighted by atomic mass is 10.2. The van der Waals surface area contributed by atoms with Gasteiger partial charge in [0.15, 0.2) is 18.1 Å². The third kappa shape index (κ3) is 4.01. The third-order valence-electron chi connectivity index (χ3n) is 2.58. The van der Waals surface area contributed by atoms with Gasteiger partial charge >= 0.3 is 0 Å². The van der Waals surface area contributed by atoms with Gasteiger partial charge in [-0.05, 0) is 42.5 Å². The summed E-state index contributed by atoms with van der Waals surface area (Å²) in [6.07, 6.45) is 1.57. The molecule has 1 aliphatic heterocycles. The van der Waals surface area contributed by atoms with Gasteiger partial charge in [0, 0.05) is 0 Å². The Morgan fingerprint density at radius 3 is 2.68 bits per heavy atom. The number of hydrogen-bond acceptors (Lipinski definition) is 6. The minimum absolute atomic E-state index is 0.257. The zero-order valence-electron chi connectivity index (χ0n) is 11.8. The molecule has 0 aromatic heterocycles. The summed E-state index contributed by atoms with van der Waals surface area (Å²) >= 11 is 0.834. The number of nitrogens with one attached hydrogen (secondary N) is 1. The lowest BCUT2D eigenvalue weighted by Crippen LogP contribution is -2.20. The van der Waals surface area contributed by atoms with Gasteiger partial charge in [0.05, 0.1) is 11.5 Å². The van der Waals surface area contributed by atoms with Crippen LogP contribution >= 0.6 is 11.8 Å². The van der Waals surface area contributed by atoms with E-state index in [1.54, 1.807) is 24.3 Å². The second kappa shape index (κ2) is 6.99. The first-order valence-corrected chi connectivity index (χ1v) is 7.24. The summed E-state index contributed by atoms with van der Waals surface area (Å²) in [6, 6.07) is 4.95. The summed E-state index contributed by atoms with van der Waals surface area (Å²) in [5, 5.41) is 1.78. The van der Waals surface area contributed by atoms with Crippen LogP contribution in [0.2, 0.25) is 0 Å². The van der Waals surface area contributed by atoms with Crippen LogP contribution in [0.3, 0.4) is 0 Å². The molecule has 0 bridgehead atoms. The van der Waals surface area contributed by atoms with E-state index < -0.39 is 17.1 Å². The van der Waals surface area contributed by atoms with Crippen molar-refractivity contribution < 1.29 is 23.9 Å². The van der Waals surface area contributed by atoms with E-state index in [4.69, 9.17) is 15.2 Å². The number of ether oxygens (including phenoxy) is 2. The second-order valence-corrected chi connectivity index (χ2v) is 5.26. The van der Waals surface area contributed by atoms with Gasteiger partial charge < -0.3 is 15.2 Å². The monoisotopic (exact) mass is 322 g/mol. The SMILES string of the molecule is CCOc1cc(/C=C2\SC(=O)NC2=O)ccc1OCC(N)=O. The minimum Gasteiger partial charge on any atom is -0.490 e. The molecule has 116 valence electrons. The molecule has 0 spiro atoms. The smallest absolute Gasteiger partial charge is 0.290 e. The fourth-order valence-electron chi connectivity index (χ4n) is 1.72. The molecule has 22 heavy (non-hydrogen) atoms. The standard InChI is InChI=1S/C14H14N2O5S/c1-2-20-10-5-8(3-4-9(10)21-7-12(15)17)6-11-13(18)16-14(19)22-11/h3-6H,2,7H2,1H3,(H2,15,17)(H,16,18,19)/b11-6-. The lowest BCUT2D eigenvalue weighted by Gasteiger charge is -2.11.